The molecule has 0 radical (unpaired) electrons. The predicted molar refractivity (Wildman–Crippen MR) is 105 cm³/mol. The highest BCUT2D eigenvalue weighted by Gasteiger charge is 2.34. The van der Waals surface area contributed by atoms with E-state index < -0.39 is 24.3 Å². The number of carbonyl (C=O) groups excluding carboxylic acids is 1. The summed E-state index contributed by atoms with van der Waals surface area (Å²) in [4.78, 5) is 14.5. The Hall–Kier alpha value is -2.54. The smallest absolute Gasteiger partial charge is 0.419 e. The lowest BCUT2D eigenvalue weighted by Crippen LogP contribution is -2.46. The highest BCUT2D eigenvalue weighted by molar-refractivity contribution is 5.77. The largest absolute Gasteiger partial charge is 0.483 e. The first-order valence-corrected chi connectivity index (χ1v) is 9.72. The number of likely N-dealkylation sites (tertiary alicyclic amines) is 1. The molecule has 1 aliphatic rings. The lowest BCUT2D eigenvalue weighted by atomic mass is 10.00. The molecule has 2 aromatic carbocycles. The van der Waals surface area contributed by atoms with Crippen LogP contribution in [0.3, 0.4) is 0 Å². The van der Waals surface area contributed by atoms with Crippen LogP contribution < -0.4 is 10.1 Å². The van der Waals surface area contributed by atoms with E-state index >= 15 is 0 Å². The van der Waals surface area contributed by atoms with Crippen molar-refractivity contribution in [2.45, 2.75) is 38.0 Å². The van der Waals surface area contributed by atoms with Gasteiger partial charge in [-0.3, -0.25) is 9.69 Å². The summed E-state index contributed by atoms with van der Waals surface area (Å²) < 4.78 is 44.1. The van der Waals surface area contributed by atoms with Crippen molar-refractivity contribution in [1.29, 1.82) is 0 Å². The Balaban J connectivity index is 1.46. The molecule has 4 nitrogen and oxygen atoms in total. The van der Waals surface area contributed by atoms with Crippen molar-refractivity contribution in [2.24, 2.45) is 0 Å². The summed E-state index contributed by atoms with van der Waals surface area (Å²) >= 11 is 0. The lowest BCUT2D eigenvalue weighted by Gasteiger charge is -2.36. The summed E-state index contributed by atoms with van der Waals surface area (Å²) in [7, 11) is 0. The Kier molecular flexibility index (Phi) is 6.79. The van der Waals surface area contributed by atoms with Gasteiger partial charge in [-0.1, -0.05) is 42.5 Å². The number of nitrogens with zero attached hydrogens (tertiary/aromatic N) is 1. The molecule has 7 heteroatoms. The number of carbonyl (C=O) groups is 1. The fourth-order valence-corrected chi connectivity index (χ4v) is 3.61. The van der Waals surface area contributed by atoms with Gasteiger partial charge in [0.25, 0.3) is 5.91 Å². The van der Waals surface area contributed by atoms with Crippen molar-refractivity contribution < 1.29 is 22.7 Å². The second kappa shape index (κ2) is 9.31. The number of benzene rings is 2. The van der Waals surface area contributed by atoms with Crippen molar-refractivity contribution in [3.8, 4) is 5.75 Å². The van der Waals surface area contributed by atoms with Crippen LogP contribution >= 0.6 is 0 Å². The van der Waals surface area contributed by atoms with E-state index in [0.29, 0.717) is 6.04 Å². The minimum absolute atomic E-state index is 0.00295. The molecule has 1 N–H and O–H groups in total. The van der Waals surface area contributed by atoms with E-state index in [9.17, 15) is 18.0 Å². The summed E-state index contributed by atoms with van der Waals surface area (Å²) in [6.07, 6.45) is -2.93. The zero-order valence-corrected chi connectivity index (χ0v) is 16.3. The van der Waals surface area contributed by atoms with Gasteiger partial charge in [-0.15, -0.1) is 0 Å². The quantitative estimate of drug-likeness (QED) is 0.772. The van der Waals surface area contributed by atoms with Crippen LogP contribution in [0.1, 0.15) is 36.9 Å². The molecule has 1 saturated heterocycles. The Bertz CT molecular complexity index is 803. The fraction of sp³-hybridized carbons (Fsp3) is 0.409. The van der Waals surface area contributed by atoms with Gasteiger partial charge >= 0.3 is 6.18 Å². The Morgan fingerprint density at radius 2 is 1.72 bits per heavy atom. The molecule has 1 atom stereocenters. The first-order chi connectivity index (χ1) is 13.8. The SMILES string of the molecule is CC(c1ccccc1)N1CCC(NC(=O)COc2ccccc2C(F)(F)F)CC1. The number of hydrogen-bond acceptors (Lipinski definition) is 3. The molecule has 3 rings (SSSR count). The van der Waals surface area contributed by atoms with Crippen LogP contribution in [-0.2, 0) is 11.0 Å². The number of para-hydroxylation sites is 1. The zero-order valence-electron chi connectivity index (χ0n) is 16.3. The van der Waals surface area contributed by atoms with Crippen LogP contribution in [0.25, 0.3) is 0 Å². The monoisotopic (exact) mass is 406 g/mol. The number of nitrogens with one attached hydrogen (secondary N) is 1. The van der Waals surface area contributed by atoms with Gasteiger partial charge in [0.1, 0.15) is 5.75 Å². The molecular weight excluding hydrogens is 381 g/mol. The van der Waals surface area contributed by atoms with E-state index in [1.54, 1.807) is 0 Å². The number of alkyl halides is 3. The molecule has 2 aromatic rings. The summed E-state index contributed by atoms with van der Waals surface area (Å²) in [5.41, 5.74) is 0.378. The van der Waals surface area contributed by atoms with Crippen LogP contribution in [0.4, 0.5) is 13.2 Å². The minimum atomic E-state index is -4.52. The van der Waals surface area contributed by atoms with Gasteiger partial charge in [-0.05, 0) is 37.5 Å². The fourth-order valence-electron chi connectivity index (χ4n) is 3.61. The molecule has 1 fully saturated rings. The van der Waals surface area contributed by atoms with Gasteiger partial charge in [0.15, 0.2) is 6.61 Å². The van der Waals surface area contributed by atoms with Crippen molar-refractivity contribution in [2.75, 3.05) is 19.7 Å². The van der Waals surface area contributed by atoms with Gasteiger partial charge in [0.2, 0.25) is 0 Å². The standard InChI is InChI=1S/C22H25F3N2O2/c1-16(17-7-3-2-4-8-17)27-13-11-18(12-14-27)26-21(28)15-29-20-10-6-5-9-19(20)22(23,24)25/h2-10,16,18H,11-15H2,1H3,(H,26,28). The molecule has 1 amide bonds. The van der Waals surface area contributed by atoms with E-state index in [-0.39, 0.29) is 11.8 Å². The van der Waals surface area contributed by atoms with Crippen LogP contribution in [0.5, 0.6) is 5.75 Å². The van der Waals surface area contributed by atoms with Gasteiger partial charge in [-0.25, -0.2) is 0 Å². The van der Waals surface area contributed by atoms with Crippen molar-refractivity contribution in [3.05, 3.63) is 65.7 Å². The first-order valence-electron chi connectivity index (χ1n) is 9.72. The highest BCUT2D eigenvalue weighted by atomic mass is 19.4. The van der Waals surface area contributed by atoms with Crippen LogP contribution in [0.15, 0.2) is 54.6 Å². The topological polar surface area (TPSA) is 41.6 Å². The molecule has 1 unspecified atom stereocenters. The average Bonchev–Trinajstić information content (AvgIpc) is 2.72. The molecule has 0 spiro atoms. The van der Waals surface area contributed by atoms with Crippen LogP contribution in [0.2, 0.25) is 0 Å². The minimum Gasteiger partial charge on any atom is -0.483 e. The van der Waals surface area contributed by atoms with Gasteiger partial charge in [0.05, 0.1) is 5.56 Å². The third-order valence-electron chi connectivity index (χ3n) is 5.28. The van der Waals surface area contributed by atoms with Crippen molar-refractivity contribution >= 4 is 5.91 Å². The van der Waals surface area contributed by atoms with E-state index in [1.807, 2.05) is 18.2 Å². The van der Waals surface area contributed by atoms with Crippen molar-refractivity contribution in [1.82, 2.24) is 10.2 Å². The average molecular weight is 406 g/mol. The van der Waals surface area contributed by atoms with E-state index in [0.717, 1.165) is 32.0 Å². The second-order valence-electron chi connectivity index (χ2n) is 7.25. The molecule has 0 bridgehead atoms. The van der Waals surface area contributed by atoms with Gasteiger partial charge < -0.3 is 10.1 Å². The summed E-state index contributed by atoms with van der Waals surface area (Å²) in [6, 6.07) is 15.5. The molecule has 1 aliphatic heterocycles. The number of rotatable bonds is 6. The molecular formula is C22H25F3N2O2. The molecule has 0 aromatic heterocycles. The number of ether oxygens (including phenoxy) is 1. The summed E-state index contributed by atoms with van der Waals surface area (Å²) in [5.74, 6) is -0.738. The lowest BCUT2D eigenvalue weighted by molar-refractivity contribution is -0.139. The maximum Gasteiger partial charge on any atom is 0.419 e. The maximum atomic E-state index is 13.0. The van der Waals surface area contributed by atoms with E-state index in [2.05, 4.69) is 29.3 Å². The molecule has 156 valence electrons. The third-order valence-corrected chi connectivity index (χ3v) is 5.28. The van der Waals surface area contributed by atoms with Crippen LogP contribution in [0, 0.1) is 0 Å². The third kappa shape index (κ3) is 5.73. The molecule has 1 heterocycles. The number of hydrogen-bond donors (Lipinski definition) is 1. The normalized spacial score (nSPS) is 17.0. The summed E-state index contributed by atoms with van der Waals surface area (Å²) in [6.45, 7) is 3.42. The Morgan fingerprint density at radius 1 is 1.10 bits per heavy atom. The maximum absolute atomic E-state index is 13.0. The van der Waals surface area contributed by atoms with E-state index in [1.165, 1.54) is 23.8 Å². The highest BCUT2D eigenvalue weighted by Crippen LogP contribution is 2.35. The van der Waals surface area contributed by atoms with Gasteiger partial charge in [-0.2, -0.15) is 13.2 Å². The van der Waals surface area contributed by atoms with E-state index in [4.69, 9.17) is 4.74 Å². The molecule has 0 saturated carbocycles. The van der Waals surface area contributed by atoms with Gasteiger partial charge in [0, 0.05) is 25.2 Å². The molecule has 29 heavy (non-hydrogen) atoms. The number of piperidine rings is 1. The molecule has 0 aliphatic carbocycles. The van der Waals surface area contributed by atoms with Crippen LogP contribution in [-0.4, -0.2) is 36.5 Å². The second-order valence-corrected chi connectivity index (χ2v) is 7.25. The Labute approximate surface area is 168 Å². The van der Waals surface area contributed by atoms with Crippen molar-refractivity contribution in [3.63, 3.8) is 0 Å². The first kappa shape index (κ1) is 21.2. The number of amides is 1. The zero-order chi connectivity index (χ0) is 20.9. The summed E-state index contributed by atoms with van der Waals surface area (Å²) in [5, 5.41) is 2.87. The Morgan fingerprint density at radius 3 is 2.38 bits per heavy atom. The number of halogens is 3. The predicted octanol–water partition coefficient (Wildman–Crippen LogP) is 4.43.